The maximum atomic E-state index is 12.4. The average molecular weight is 286 g/mol. The van der Waals surface area contributed by atoms with Gasteiger partial charge in [-0.05, 0) is 30.2 Å². The van der Waals surface area contributed by atoms with Crippen molar-refractivity contribution < 1.29 is 13.2 Å². The first-order valence-electron chi connectivity index (χ1n) is 5.76. The first-order chi connectivity index (χ1) is 8.86. The Morgan fingerprint density at radius 2 is 1.79 bits per heavy atom. The quantitative estimate of drug-likeness (QED) is 0.856. The van der Waals surface area contributed by atoms with Crippen LogP contribution in [0, 0.1) is 0 Å². The van der Waals surface area contributed by atoms with E-state index >= 15 is 0 Å². The summed E-state index contributed by atoms with van der Waals surface area (Å²) in [5.41, 5.74) is 0.914. The minimum Gasteiger partial charge on any atom is -0.332 e. The summed E-state index contributed by atoms with van der Waals surface area (Å²) in [6, 6.07) is 4.91. The van der Waals surface area contributed by atoms with Crippen LogP contribution >= 0.6 is 11.3 Å². The van der Waals surface area contributed by atoms with Gasteiger partial charge in [0.05, 0.1) is 11.3 Å². The average Bonchev–Trinajstić information content (AvgIpc) is 2.77. The summed E-state index contributed by atoms with van der Waals surface area (Å²) in [4.78, 5) is 4.36. The summed E-state index contributed by atoms with van der Waals surface area (Å²) in [7, 11) is 0. The van der Waals surface area contributed by atoms with E-state index in [1.54, 1.807) is 0 Å². The molecular weight excluding hydrogens is 273 g/mol. The van der Waals surface area contributed by atoms with Gasteiger partial charge in [0.15, 0.2) is 5.13 Å². The Kier molecular flexibility index (Phi) is 3.80. The van der Waals surface area contributed by atoms with Crippen LogP contribution in [-0.2, 0) is 6.18 Å². The van der Waals surface area contributed by atoms with Crippen LogP contribution in [0.15, 0.2) is 29.6 Å². The molecule has 0 radical (unpaired) electrons. The molecule has 0 amide bonds. The number of anilines is 2. The highest BCUT2D eigenvalue weighted by molar-refractivity contribution is 7.13. The van der Waals surface area contributed by atoms with Gasteiger partial charge in [-0.15, -0.1) is 11.3 Å². The topological polar surface area (TPSA) is 24.9 Å². The lowest BCUT2D eigenvalue weighted by Crippen LogP contribution is -2.04. The van der Waals surface area contributed by atoms with Crippen LogP contribution in [0.5, 0.6) is 0 Å². The van der Waals surface area contributed by atoms with Crippen molar-refractivity contribution in [3.8, 4) is 0 Å². The van der Waals surface area contributed by atoms with E-state index in [0.717, 1.165) is 17.8 Å². The highest BCUT2D eigenvalue weighted by Crippen LogP contribution is 2.31. The maximum Gasteiger partial charge on any atom is 0.416 e. The Hall–Kier alpha value is -1.56. The van der Waals surface area contributed by atoms with Crippen molar-refractivity contribution in [1.29, 1.82) is 0 Å². The third-order valence-electron chi connectivity index (χ3n) is 2.58. The number of benzene rings is 1. The monoisotopic (exact) mass is 286 g/mol. The molecule has 0 aliphatic rings. The van der Waals surface area contributed by atoms with Crippen LogP contribution in [0.25, 0.3) is 0 Å². The number of hydrogen-bond acceptors (Lipinski definition) is 3. The first kappa shape index (κ1) is 13.9. The summed E-state index contributed by atoms with van der Waals surface area (Å²) >= 11 is 1.44. The molecule has 2 rings (SSSR count). The third kappa shape index (κ3) is 3.47. The largest absolute Gasteiger partial charge is 0.416 e. The van der Waals surface area contributed by atoms with Crippen molar-refractivity contribution in [3.05, 3.63) is 40.9 Å². The first-order valence-corrected chi connectivity index (χ1v) is 6.64. The molecule has 0 aliphatic carbocycles. The summed E-state index contributed by atoms with van der Waals surface area (Å²) < 4.78 is 37.2. The lowest BCUT2D eigenvalue weighted by molar-refractivity contribution is -0.137. The van der Waals surface area contributed by atoms with E-state index < -0.39 is 11.7 Å². The lowest BCUT2D eigenvalue weighted by atomic mass is 10.2. The number of rotatable bonds is 3. The van der Waals surface area contributed by atoms with Crippen LogP contribution in [0.2, 0.25) is 0 Å². The van der Waals surface area contributed by atoms with Crippen molar-refractivity contribution in [3.63, 3.8) is 0 Å². The van der Waals surface area contributed by atoms with E-state index in [-0.39, 0.29) is 0 Å². The molecular formula is C13H13F3N2S. The summed E-state index contributed by atoms with van der Waals surface area (Å²) in [5.74, 6) is 0.333. The second-order valence-corrected chi connectivity index (χ2v) is 5.29. The molecule has 0 spiro atoms. The van der Waals surface area contributed by atoms with Crippen molar-refractivity contribution >= 4 is 22.2 Å². The Balaban J connectivity index is 2.11. The normalized spacial score (nSPS) is 11.9. The van der Waals surface area contributed by atoms with Crippen LogP contribution in [-0.4, -0.2) is 4.98 Å². The minimum atomic E-state index is -4.30. The van der Waals surface area contributed by atoms with Crippen molar-refractivity contribution in [2.24, 2.45) is 0 Å². The second-order valence-electron chi connectivity index (χ2n) is 4.43. The van der Waals surface area contributed by atoms with Gasteiger partial charge in [-0.3, -0.25) is 0 Å². The molecule has 1 N–H and O–H groups in total. The highest BCUT2D eigenvalue weighted by atomic mass is 32.1. The molecule has 0 saturated carbocycles. The zero-order chi connectivity index (χ0) is 14.0. The molecule has 0 bridgehead atoms. The molecule has 0 saturated heterocycles. The van der Waals surface area contributed by atoms with Gasteiger partial charge in [-0.1, -0.05) is 13.8 Å². The molecule has 2 nitrogen and oxygen atoms in total. The molecule has 0 atom stereocenters. The highest BCUT2D eigenvalue weighted by Gasteiger charge is 2.29. The fourth-order valence-corrected chi connectivity index (χ4v) is 2.37. The van der Waals surface area contributed by atoms with E-state index in [0.29, 0.717) is 16.7 Å². The van der Waals surface area contributed by atoms with Crippen LogP contribution in [0.4, 0.5) is 24.0 Å². The summed E-state index contributed by atoms with van der Waals surface area (Å²) in [6.45, 7) is 4.08. The predicted octanol–water partition coefficient (Wildman–Crippen LogP) is 5.03. The van der Waals surface area contributed by atoms with Gasteiger partial charge in [-0.2, -0.15) is 13.2 Å². The molecule has 102 valence electrons. The molecule has 0 unspecified atom stereocenters. The van der Waals surface area contributed by atoms with Crippen LogP contribution in [0.3, 0.4) is 0 Å². The zero-order valence-corrected chi connectivity index (χ0v) is 11.3. The van der Waals surface area contributed by atoms with E-state index in [9.17, 15) is 13.2 Å². The van der Waals surface area contributed by atoms with Crippen molar-refractivity contribution in [2.75, 3.05) is 5.32 Å². The van der Waals surface area contributed by atoms with E-state index in [1.807, 2.05) is 19.2 Å². The van der Waals surface area contributed by atoms with E-state index in [1.165, 1.54) is 23.5 Å². The minimum absolute atomic E-state index is 0.333. The van der Waals surface area contributed by atoms with Gasteiger partial charge in [-0.25, -0.2) is 4.98 Å². The molecule has 6 heteroatoms. The number of thiazole rings is 1. The fourth-order valence-electron chi connectivity index (χ4n) is 1.47. The van der Waals surface area contributed by atoms with Crippen molar-refractivity contribution in [2.45, 2.75) is 25.9 Å². The smallest absolute Gasteiger partial charge is 0.332 e. The fraction of sp³-hybridized carbons (Fsp3) is 0.308. The Bertz CT molecular complexity index is 544. The Morgan fingerprint density at radius 3 is 2.26 bits per heavy atom. The summed E-state index contributed by atoms with van der Waals surface area (Å²) in [5, 5.41) is 5.62. The lowest BCUT2D eigenvalue weighted by Gasteiger charge is -2.08. The predicted molar refractivity (Wildman–Crippen MR) is 70.9 cm³/mol. The second kappa shape index (κ2) is 5.21. The van der Waals surface area contributed by atoms with E-state index in [2.05, 4.69) is 10.3 Å². The van der Waals surface area contributed by atoms with Gasteiger partial charge in [0.25, 0.3) is 0 Å². The zero-order valence-electron chi connectivity index (χ0n) is 10.5. The SMILES string of the molecule is CC(C)c1csc(Nc2ccc(C(F)(F)F)cc2)n1. The van der Waals surface area contributed by atoms with Gasteiger partial charge < -0.3 is 5.32 Å². The molecule has 19 heavy (non-hydrogen) atoms. The number of nitrogens with one attached hydrogen (secondary N) is 1. The summed E-state index contributed by atoms with van der Waals surface area (Å²) in [6.07, 6.45) is -4.30. The molecule has 1 aromatic carbocycles. The Labute approximate surface area is 113 Å². The van der Waals surface area contributed by atoms with Crippen LogP contribution in [0.1, 0.15) is 31.0 Å². The number of nitrogens with zero attached hydrogens (tertiary/aromatic N) is 1. The van der Waals surface area contributed by atoms with Crippen molar-refractivity contribution in [1.82, 2.24) is 4.98 Å². The third-order valence-corrected chi connectivity index (χ3v) is 3.35. The molecule has 2 aromatic rings. The maximum absolute atomic E-state index is 12.4. The molecule has 1 aromatic heterocycles. The molecule has 0 fully saturated rings. The Morgan fingerprint density at radius 1 is 1.16 bits per heavy atom. The number of alkyl halides is 3. The van der Waals surface area contributed by atoms with Gasteiger partial charge >= 0.3 is 6.18 Å². The number of halogens is 3. The van der Waals surface area contributed by atoms with Gasteiger partial charge in [0.2, 0.25) is 0 Å². The van der Waals surface area contributed by atoms with E-state index in [4.69, 9.17) is 0 Å². The van der Waals surface area contributed by atoms with Crippen LogP contribution < -0.4 is 5.32 Å². The van der Waals surface area contributed by atoms with Gasteiger partial charge in [0.1, 0.15) is 0 Å². The molecule has 0 aliphatic heterocycles. The van der Waals surface area contributed by atoms with Gasteiger partial charge in [0, 0.05) is 11.1 Å². The molecule has 1 heterocycles. The number of hydrogen-bond donors (Lipinski definition) is 1. The number of aromatic nitrogens is 1. The standard InChI is InChI=1S/C13H13F3N2S/c1-8(2)11-7-19-12(18-11)17-10-5-3-9(4-6-10)13(14,15)16/h3-8H,1-2H3,(H,17,18).